The molecule has 0 spiro atoms. The van der Waals surface area contributed by atoms with Crippen LogP contribution >= 0.6 is 0 Å². The predicted octanol–water partition coefficient (Wildman–Crippen LogP) is 1.20. The molecule has 0 aromatic carbocycles. The van der Waals surface area contributed by atoms with Crippen molar-refractivity contribution in [2.24, 2.45) is 11.8 Å². The monoisotopic (exact) mass is 252 g/mol. The molecule has 2 fully saturated rings. The summed E-state index contributed by atoms with van der Waals surface area (Å²) in [4.78, 5) is 24.4. The average Bonchev–Trinajstić information content (AvgIpc) is 2.41. The van der Waals surface area contributed by atoms with Gasteiger partial charge in [-0.3, -0.25) is 4.79 Å². The molecule has 0 aromatic rings. The summed E-state index contributed by atoms with van der Waals surface area (Å²) in [5, 5.41) is 3.37. The van der Waals surface area contributed by atoms with Gasteiger partial charge >= 0.3 is 0 Å². The molecule has 0 aliphatic carbocycles. The molecule has 1 atom stereocenters. The van der Waals surface area contributed by atoms with Gasteiger partial charge in [-0.05, 0) is 57.5 Å². The number of nitrogens with one attached hydrogen (secondary N) is 1. The van der Waals surface area contributed by atoms with Crippen molar-refractivity contribution in [3.63, 3.8) is 0 Å². The molecule has 0 aromatic heterocycles. The van der Waals surface area contributed by atoms with Crippen LogP contribution in [0, 0.1) is 11.8 Å². The molecule has 2 aliphatic heterocycles. The first kappa shape index (κ1) is 13.5. The largest absolute Gasteiger partial charge is 0.335 e. The zero-order valence-corrected chi connectivity index (χ0v) is 11.1. The molecule has 1 N–H and O–H groups in total. The Kier molecular flexibility index (Phi) is 5.17. The number of hydrogen-bond acceptors (Lipinski definition) is 3. The number of carbonyl (C=O) groups is 2. The van der Waals surface area contributed by atoms with Crippen LogP contribution in [-0.4, -0.2) is 43.3 Å². The third-order valence-corrected chi connectivity index (χ3v) is 4.32. The highest BCUT2D eigenvalue weighted by Gasteiger charge is 2.28. The standard InChI is InChI=1S/C14H24N2O2/c17-11-10-16-9-1-2-13(14(16)18)4-3-12-5-7-15-8-6-12/h11-13,15H,1-10H2/t13-/m0/s1. The van der Waals surface area contributed by atoms with Crippen LogP contribution in [0.5, 0.6) is 0 Å². The van der Waals surface area contributed by atoms with Crippen molar-refractivity contribution < 1.29 is 9.59 Å². The van der Waals surface area contributed by atoms with Gasteiger partial charge in [0.2, 0.25) is 5.91 Å². The summed E-state index contributed by atoms with van der Waals surface area (Å²) >= 11 is 0. The van der Waals surface area contributed by atoms with Crippen LogP contribution in [0.25, 0.3) is 0 Å². The molecular formula is C14H24N2O2. The van der Waals surface area contributed by atoms with E-state index in [0.717, 1.165) is 51.1 Å². The maximum absolute atomic E-state index is 12.1. The molecule has 1 amide bonds. The van der Waals surface area contributed by atoms with Crippen molar-refractivity contribution in [2.75, 3.05) is 26.2 Å². The highest BCUT2D eigenvalue weighted by molar-refractivity contribution is 5.81. The molecule has 4 heteroatoms. The lowest BCUT2D eigenvalue weighted by Gasteiger charge is -2.32. The number of hydrogen-bond donors (Lipinski definition) is 1. The van der Waals surface area contributed by atoms with Crippen LogP contribution in [0.2, 0.25) is 0 Å². The topological polar surface area (TPSA) is 49.4 Å². The van der Waals surface area contributed by atoms with Gasteiger partial charge in [-0.2, -0.15) is 0 Å². The fourth-order valence-electron chi connectivity index (χ4n) is 3.17. The van der Waals surface area contributed by atoms with Crippen LogP contribution in [0.3, 0.4) is 0 Å². The molecule has 0 unspecified atom stereocenters. The number of amides is 1. The Labute approximate surface area is 109 Å². The van der Waals surface area contributed by atoms with Gasteiger partial charge in [-0.15, -0.1) is 0 Å². The lowest BCUT2D eigenvalue weighted by Crippen LogP contribution is -2.42. The van der Waals surface area contributed by atoms with Gasteiger partial charge in [-0.25, -0.2) is 0 Å². The van der Waals surface area contributed by atoms with Crippen molar-refractivity contribution in [3.05, 3.63) is 0 Å². The normalized spacial score (nSPS) is 26.3. The van der Waals surface area contributed by atoms with E-state index in [9.17, 15) is 9.59 Å². The minimum Gasteiger partial charge on any atom is -0.335 e. The van der Waals surface area contributed by atoms with Crippen LogP contribution in [0.15, 0.2) is 0 Å². The minimum absolute atomic E-state index is 0.175. The fraction of sp³-hybridized carbons (Fsp3) is 0.857. The summed E-state index contributed by atoms with van der Waals surface area (Å²) in [6.07, 6.45) is 7.59. The Balaban J connectivity index is 1.77. The first-order valence-corrected chi connectivity index (χ1v) is 7.24. The van der Waals surface area contributed by atoms with E-state index in [4.69, 9.17) is 0 Å². The second kappa shape index (κ2) is 6.88. The van der Waals surface area contributed by atoms with Gasteiger partial charge in [0.1, 0.15) is 6.29 Å². The summed E-state index contributed by atoms with van der Waals surface area (Å²) in [7, 11) is 0. The minimum atomic E-state index is 0.175. The van der Waals surface area contributed by atoms with E-state index in [1.54, 1.807) is 4.90 Å². The molecule has 0 bridgehead atoms. The van der Waals surface area contributed by atoms with E-state index in [0.29, 0.717) is 0 Å². The van der Waals surface area contributed by atoms with Gasteiger partial charge in [0, 0.05) is 12.5 Å². The molecule has 2 aliphatic rings. The molecule has 2 saturated heterocycles. The Morgan fingerprint density at radius 2 is 2.00 bits per heavy atom. The first-order valence-electron chi connectivity index (χ1n) is 7.24. The van der Waals surface area contributed by atoms with Gasteiger partial charge in [0.25, 0.3) is 0 Å². The molecule has 18 heavy (non-hydrogen) atoms. The molecule has 2 heterocycles. The number of piperidine rings is 2. The van der Waals surface area contributed by atoms with Crippen LogP contribution in [0.1, 0.15) is 38.5 Å². The zero-order valence-electron chi connectivity index (χ0n) is 11.1. The number of likely N-dealkylation sites (tertiary alicyclic amines) is 1. The van der Waals surface area contributed by atoms with Crippen LogP contribution < -0.4 is 5.32 Å². The number of aldehydes is 1. The van der Waals surface area contributed by atoms with Crippen LogP contribution in [0.4, 0.5) is 0 Å². The summed E-state index contributed by atoms with van der Waals surface area (Å²) in [5.41, 5.74) is 0. The lowest BCUT2D eigenvalue weighted by atomic mass is 9.86. The van der Waals surface area contributed by atoms with E-state index in [1.165, 1.54) is 19.3 Å². The van der Waals surface area contributed by atoms with Crippen molar-refractivity contribution in [1.82, 2.24) is 10.2 Å². The first-order chi connectivity index (χ1) is 8.81. The van der Waals surface area contributed by atoms with Gasteiger partial charge in [-0.1, -0.05) is 0 Å². The highest BCUT2D eigenvalue weighted by atomic mass is 16.2. The summed E-state index contributed by atoms with van der Waals surface area (Å²) in [5.74, 6) is 1.18. The second-order valence-corrected chi connectivity index (χ2v) is 5.56. The number of rotatable bonds is 5. The maximum Gasteiger partial charge on any atom is 0.226 e. The molecule has 102 valence electrons. The van der Waals surface area contributed by atoms with Gasteiger partial charge in [0.15, 0.2) is 0 Å². The number of carbonyl (C=O) groups excluding carboxylic acids is 2. The smallest absolute Gasteiger partial charge is 0.226 e. The maximum atomic E-state index is 12.1. The zero-order chi connectivity index (χ0) is 12.8. The Morgan fingerprint density at radius 1 is 1.22 bits per heavy atom. The fourth-order valence-corrected chi connectivity index (χ4v) is 3.17. The summed E-state index contributed by atoms with van der Waals surface area (Å²) in [6.45, 7) is 3.30. The van der Waals surface area contributed by atoms with E-state index in [1.807, 2.05) is 0 Å². The highest BCUT2D eigenvalue weighted by Crippen LogP contribution is 2.26. The average molecular weight is 252 g/mol. The predicted molar refractivity (Wildman–Crippen MR) is 70.2 cm³/mol. The SMILES string of the molecule is O=CCN1CCC[C@@H](CCC2CCNCC2)C1=O. The van der Waals surface area contributed by atoms with E-state index in [2.05, 4.69) is 5.32 Å². The Bertz CT molecular complexity index is 288. The molecular weight excluding hydrogens is 228 g/mol. The second-order valence-electron chi connectivity index (χ2n) is 5.56. The molecule has 4 nitrogen and oxygen atoms in total. The summed E-state index contributed by atoms with van der Waals surface area (Å²) in [6, 6.07) is 0. The Hall–Kier alpha value is -0.900. The molecule has 0 saturated carbocycles. The number of nitrogens with zero attached hydrogens (tertiary/aromatic N) is 1. The van der Waals surface area contributed by atoms with Crippen molar-refractivity contribution >= 4 is 12.2 Å². The van der Waals surface area contributed by atoms with Crippen molar-refractivity contribution in [1.29, 1.82) is 0 Å². The molecule has 2 rings (SSSR count). The third kappa shape index (κ3) is 3.55. The van der Waals surface area contributed by atoms with Crippen molar-refractivity contribution in [2.45, 2.75) is 38.5 Å². The molecule has 0 radical (unpaired) electrons. The summed E-state index contributed by atoms with van der Waals surface area (Å²) < 4.78 is 0. The third-order valence-electron chi connectivity index (χ3n) is 4.32. The van der Waals surface area contributed by atoms with Gasteiger partial charge in [0.05, 0.1) is 6.54 Å². The van der Waals surface area contributed by atoms with E-state index >= 15 is 0 Å². The van der Waals surface area contributed by atoms with Gasteiger partial charge < -0.3 is 15.0 Å². The Morgan fingerprint density at radius 3 is 2.72 bits per heavy atom. The van der Waals surface area contributed by atoms with Crippen molar-refractivity contribution in [3.8, 4) is 0 Å². The lowest BCUT2D eigenvalue weighted by molar-refractivity contribution is -0.140. The van der Waals surface area contributed by atoms with Crippen LogP contribution in [-0.2, 0) is 9.59 Å². The van der Waals surface area contributed by atoms with E-state index in [-0.39, 0.29) is 18.4 Å². The van der Waals surface area contributed by atoms with E-state index < -0.39 is 0 Å². The quantitative estimate of drug-likeness (QED) is 0.748.